The third kappa shape index (κ3) is 3.54. The van der Waals surface area contributed by atoms with Crippen molar-refractivity contribution >= 4 is 0 Å². The first kappa shape index (κ1) is 11.5. The highest BCUT2D eigenvalue weighted by Gasteiger charge is 2.16. The fourth-order valence-corrected chi connectivity index (χ4v) is 2.25. The van der Waals surface area contributed by atoms with E-state index in [9.17, 15) is 0 Å². The topological polar surface area (TPSA) is 41.0 Å². The van der Waals surface area contributed by atoms with Crippen molar-refractivity contribution in [1.82, 2.24) is 20.2 Å². The van der Waals surface area contributed by atoms with Gasteiger partial charge in [-0.1, -0.05) is 0 Å². The van der Waals surface area contributed by atoms with Crippen LogP contribution in [0.25, 0.3) is 0 Å². The molecule has 1 aliphatic heterocycles. The molecule has 1 fully saturated rings. The van der Waals surface area contributed by atoms with Gasteiger partial charge in [-0.15, -0.1) is 0 Å². The molecule has 1 saturated heterocycles. The molecular formula is C12H20N4. The number of hydrogen-bond donors (Lipinski definition) is 1. The van der Waals surface area contributed by atoms with Gasteiger partial charge in [0.2, 0.25) is 0 Å². The second-order valence-corrected chi connectivity index (χ2v) is 4.57. The van der Waals surface area contributed by atoms with Crippen molar-refractivity contribution in [3.63, 3.8) is 0 Å². The van der Waals surface area contributed by atoms with E-state index >= 15 is 0 Å². The van der Waals surface area contributed by atoms with Gasteiger partial charge < -0.3 is 10.2 Å². The Balaban J connectivity index is 1.68. The van der Waals surface area contributed by atoms with Gasteiger partial charge in [0.1, 0.15) is 5.82 Å². The highest BCUT2D eigenvalue weighted by Crippen LogP contribution is 2.13. The second kappa shape index (κ2) is 5.92. The van der Waals surface area contributed by atoms with Gasteiger partial charge >= 0.3 is 0 Å². The fraction of sp³-hybridized carbons (Fsp3) is 0.667. The van der Waals surface area contributed by atoms with E-state index in [1.165, 1.54) is 25.9 Å². The van der Waals surface area contributed by atoms with Gasteiger partial charge in [0.05, 0.1) is 6.54 Å². The average Bonchev–Trinajstić information content (AvgIpc) is 2.30. The van der Waals surface area contributed by atoms with E-state index < -0.39 is 0 Å². The van der Waals surface area contributed by atoms with Crippen LogP contribution < -0.4 is 5.32 Å². The lowest BCUT2D eigenvalue weighted by molar-refractivity contribution is 0.206. The number of nitrogens with zero attached hydrogens (tertiary/aromatic N) is 3. The summed E-state index contributed by atoms with van der Waals surface area (Å²) in [5.41, 5.74) is 0. The maximum absolute atomic E-state index is 4.19. The Morgan fingerprint density at radius 3 is 3.00 bits per heavy atom. The minimum absolute atomic E-state index is 0.779. The molecule has 0 aliphatic carbocycles. The molecule has 1 aromatic rings. The van der Waals surface area contributed by atoms with Crippen molar-refractivity contribution in [2.45, 2.75) is 19.4 Å². The van der Waals surface area contributed by atoms with Gasteiger partial charge in [0.25, 0.3) is 0 Å². The molecule has 0 radical (unpaired) electrons. The predicted octanol–water partition coefficient (Wildman–Crippen LogP) is 0.908. The Bertz CT molecular complexity index is 301. The molecule has 0 aromatic carbocycles. The molecule has 1 aliphatic rings. The summed E-state index contributed by atoms with van der Waals surface area (Å²) in [5.74, 6) is 1.66. The number of rotatable bonds is 4. The highest BCUT2D eigenvalue weighted by atomic mass is 15.1. The van der Waals surface area contributed by atoms with E-state index in [2.05, 4.69) is 27.2 Å². The lowest BCUT2D eigenvalue weighted by Gasteiger charge is -2.29. The summed E-state index contributed by atoms with van der Waals surface area (Å²) in [7, 11) is 2.20. The van der Waals surface area contributed by atoms with Crippen LogP contribution in [0.2, 0.25) is 0 Å². The first-order valence-electron chi connectivity index (χ1n) is 6.00. The van der Waals surface area contributed by atoms with Crippen molar-refractivity contribution in [3.8, 4) is 0 Å². The van der Waals surface area contributed by atoms with E-state index in [0.29, 0.717) is 0 Å². The second-order valence-electron chi connectivity index (χ2n) is 4.57. The molecule has 1 N–H and O–H groups in total. The van der Waals surface area contributed by atoms with Gasteiger partial charge in [-0.2, -0.15) is 0 Å². The van der Waals surface area contributed by atoms with Crippen molar-refractivity contribution in [3.05, 3.63) is 24.3 Å². The Labute approximate surface area is 97.1 Å². The molecule has 0 spiro atoms. The Morgan fingerprint density at radius 2 is 2.25 bits per heavy atom. The molecule has 0 saturated carbocycles. The molecule has 1 atom stereocenters. The third-order valence-corrected chi connectivity index (χ3v) is 3.06. The van der Waals surface area contributed by atoms with Crippen LogP contribution in [0.3, 0.4) is 0 Å². The van der Waals surface area contributed by atoms with Gasteiger partial charge in [-0.05, 0) is 45.0 Å². The highest BCUT2D eigenvalue weighted by molar-refractivity contribution is 4.88. The SMILES string of the molecule is CN1CCCC(CNCc2ncccn2)C1. The normalized spacial score (nSPS) is 22.2. The van der Waals surface area contributed by atoms with E-state index in [0.717, 1.165) is 24.8 Å². The average molecular weight is 220 g/mol. The summed E-state index contributed by atoms with van der Waals surface area (Å²) < 4.78 is 0. The molecule has 2 heterocycles. The third-order valence-electron chi connectivity index (χ3n) is 3.06. The molecule has 0 amide bonds. The first-order valence-corrected chi connectivity index (χ1v) is 6.00. The summed E-state index contributed by atoms with van der Waals surface area (Å²) in [6, 6.07) is 1.85. The Morgan fingerprint density at radius 1 is 1.44 bits per heavy atom. The molecular weight excluding hydrogens is 200 g/mol. The van der Waals surface area contributed by atoms with E-state index in [1.807, 2.05) is 6.07 Å². The molecule has 2 rings (SSSR count). The first-order chi connectivity index (χ1) is 7.84. The monoisotopic (exact) mass is 220 g/mol. The maximum atomic E-state index is 4.19. The Kier molecular flexibility index (Phi) is 4.25. The van der Waals surface area contributed by atoms with Gasteiger partial charge in [0.15, 0.2) is 0 Å². The van der Waals surface area contributed by atoms with Crippen molar-refractivity contribution < 1.29 is 0 Å². The molecule has 1 unspecified atom stereocenters. The summed E-state index contributed by atoms with van der Waals surface area (Å²) in [6.07, 6.45) is 6.24. The predicted molar refractivity (Wildman–Crippen MR) is 64.0 cm³/mol. The largest absolute Gasteiger partial charge is 0.310 e. The van der Waals surface area contributed by atoms with Crippen LogP contribution in [0.4, 0.5) is 0 Å². The van der Waals surface area contributed by atoms with Crippen molar-refractivity contribution in [2.24, 2.45) is 5.92 Å². The lowest BCUT2D eigenvalue weighted by atomic mass is 9.98. The molecule has 16 heavy (non-hydrogen) atoms. The van der Waals surface area contributed by atoms with Crippen LogP contribution >= 0.6 is 0 Å². The zero-order valence-corrected chi connectivity index (χ0v) is 9.89. The number of hydrogen-bond acceptors (Lipinski definition) is 4. The van der Waals surface area contributed by atoms with E-state index in [4.69, 9.17) is 0 Å². The standard InChI is InChI=1S/C12H20N4/c1-16-7-2-4-11(10-16)8-13-9-12-14-5-3-6-15-12/h3,5-6,11,13H,2,4,7-10H2,1H3. The summed E-state index contributed by atoms with van der Waals surface area (Å²) >= 11 is 0. The van der Waals surface area contributed by atoms with Crippen LogP contribution in [0.5, 0.6) is 0 Å². The Hall–Kier alpha value is -1.00. The van der Waals surface area contributed by atoms with E-state index in [1.54, 1.807) is 12.4 Å². The smallest absolute Gasteiger partial charge is 0.141 e. The minimum atomic E-state index is 0.779. The zero-order valence-electron chi connectivity index (χ0n) is 9.89. The van der Waals surface area contributed by atoms with Gasteiger partial charge in [0, 0.05) is 18.9 Å². The fourth-order valence-electron chi connectivity index (χ4n) is 2.25. The van der Waals surface area contributed by atoms with E-state index in [-0.39, 0.29) is 0 Å². The summed E-state index contributed by atoms with van der Waals surface area (Å²) in [6.45, 7) is 4.31. The summed E-state index contributed by atoms with van der Waals surface area (Å²) in [5, 5.41) is 3.44. The van der Waals surface area contributed by atoms with Crippen LogP contribution in [-0.4, -0.2) is 41.5 Å². The van der Waals surface area contributed by atoms with Crippen LogP contribution in [0.15, 0.2) is 18.5 Å². The molecule has 1 aromatic heterocycles. The molecule has 4 heteroatoms. The molecule has 4 nitrogen and oxygen atoms in total. The van der Waals surface area contributed by atoms with Crippen LogP contribution in [0, 0.1) is 5.92 Å². The maximum Gasteiger partial charge on any atom is 0.141 e. The zero-order chi connectivity index (χ0) is 11.2. The van der Waals surface area contributed by atoms with Gasteiger partial charge in [-0.3, -0.25) is 0 Å². The summed E-state index contributed by atoms with van der Waals surface area (Å²) in [4.78, 5) is 10.8. The quantitative estimate of drug-likeness (QED) is 0.819. The van der Waals surface area contributed by atoms with Crippen molar-refractivity contribution in [2.75, 3.05) is 26.7 Å². The molecule has 88 valence electrons. The minimum Gasteiger partial charge on any atom is -0.310 e. The number of nitrogens with one attached hydrogen (secondary N) is 1. The van der Waals surface area contributed by atoms with Gasteiger partial charge in [-0.25, -0.2) is 9.97 Å². The number of piperidine rings is 1. The number of aromatic nitrogens is 2. The number of likely N-dealkylation sites (tertiary alicyclic amines) is 1. The van der Waals surface area contributed by atoms with Crippen LogP contribution in [0.1, 0.15) is 18.7 Å². The van der Waals surface area contributed by atoms with Crippen LogP contribution in [-0.2, 0) is 6.54 Å². The lowest BCUT2D eigenvalue weighted by Crippen LogP contribution is -2.37. The molecule has 0 bridgehead atoms. The van der Waals surface area contributed by atoms with Crippen molar-refractivity contribution in [1.29, 1.82) is 0 Å².